The molecule has 2 heteroatoms. The van der Waals surface area contributed by atoms with Gasteiger partial charge >= 0.3 is 0 Å². The zero-order valence-electron chi connectivity index (χ0n) is 16.0. The summed E-state index contributed by atoms with van der Waals surface area (Å²) in [5.41, 5.74) is 0. The molecule has 1 aliphatic carbocycles. The van der Waals surface area contributed by atoms with Crippen LogP contribution in [0.3, 0.4) is 0 Å². The van der Waals surface area contributed by atoms with Crippen molar-refractivity contribution >= 4 is 0 Å². The second-order valence-corrected chi connectivity index (χ2v) is 5.97. The Kier molecular flexibility index (Phi) is 10.4. The first-order valence-electron chi connectivity index (χ1n) is 9.67. The Morgan fingerprint density at radius 3 is 1.75 bits per heavy atom. The molecule has 0 N–H and O–H groups in total. The highest BCUT2D eigenvalue weighted by atomic mass is 15.3. The van der Waals surface area contributed by atoms with Crippen LogP contribution in [0.1, 0.15) is 68.6 Å². The van der Waals surface area contributed by atoms with Crippen molar-refractivity contribution in [1.82, 2.24) is 9.80 Å². The summed E-state index contributed by atoms with van der Waals surface area (Å²) in [6, 6.07) is 0.845. The molecule has 1 aliphatic heterocycles. The topological polar surface area (TPSA) is 6.48 Å². The van der Waals surface area contributed by atoms with Crippen LogP contribution in [0.5, 0.6) is 0 Å². The molecule has 0 aromatic heterocycles. The first kappa shape index (κ1) is 18.0. The van der Waals surface area contributed by atoms with E-state index >= 15 is 0 Å². The molecule has 0 unspecified atom stereocenters. The fraction of sp³-hybridized carbons (Fsp3) is 1.00. The Balaban J connectivity index is 0.000000921. The highest BCUT2D eigenvalue weighted by Crippen LogP contribution is 2.32. The summed E-state index contributed by atoms with van der Waals surface area (Å²) in [6.45, 7) is 17.3. The number of rotatable bonds is 2. The number of likely N-dealkylation sites (N-methyl/N-ethyl adjacent to an activating group) is 1. The summed E-state index contributed by atoms with van der Waals surface area (Å²) in [4.78, 5) is 4.93. The predicted octanol–water partition coefficient (Wildman–Crippen LogP) is 4.50. The lowest BCUT2D eigenvalue weighted by Gasteiger charge is -2.41. The Bertz CT molecular complexity index is 217. The van der Waals surface area contributed by atoms with Gasteiger partial charge in [-0.2, -0.15) is 0 Å². The number of hydrogen-bond acceptors (Lipinski definition) is 2. The summed E-state index contributed by atoms with van der Waals surface area (Å²) in [6.07, 6.45) is 5.68. The summed E-state index contributed by atoms with van der Waals surface area (Å²) >= 11 is 0. The molecule has 0 aromatic rings. The molecule has 1 saturated heterocycles. The molecule has 0 aromatic carbocycles. The van der Waals surface area contributed by atoms with E-state index in [1.54, 1.807) is 0 Å². The lowest BCUT2D eigenvalue weighted by atomic mass is 9.79. The molecule has 1 heterocycles. The zero-order valence-corrected chi connectivity index (χ0v) is 15.0. The molecule has 122 valence electrons. The molecule has 0 atom stereocenters. The van der Waals surface area contributed by atoms with Gasteiger partial charge in [0.05, 0.1) is 0 Å². The second kappa shape index (κ2) is 11.6. The van der Waals surface area contributed by atoms with Crippen molar-refractivity contribution in [3.05, 3.63) is 0 Å². The summed E-state index contributed by atoms with van der Waals surface area (Å²) in [7, 11) is 0.480. The van der Waals surface area contributed by atoms with Crippen LogP contribution in [0, 0.1) is 11.8 Å². The highest BCUT2D eigenvalue weighted by Gasteiger charge is 2.28. The van der Waals surface area contributed by atoms with E-state index in [4.69, 9.17) is 1.37 Å². The van der Waals surface area contributed by atoms with Gasteiger partial charge in [-0.05, 0) is 44.5 Å². The minimum absolute atomic E-state index is 0.480. The Hall–Kier alpha value is -0.0800. The van der Waals surface area contributed by atoms with E-state index in [-0.39, 0.29) is 0 Å². The van der Waals surface area contributed by atoms with E-state index in [0.29, 0.717) is 7.02 Å². The first-order chi connectivity index (χ1) is 10.2. The average molecular weight is 286 g/mol. The van der Waals surface area contributed by atoms with Crippen LogP contribution in [0.2, 0.25) is 0 Å². The third-order valence-corrected chi connectivity index (χ3v) is 4.61. The van der Waals surface area contributed by atoms with Crippen molar-refractivity contribution in [2.45, 2.75) is 73.3 Å². The quantitative estimate of drug-likeness (QED) is 0.737. The first-order valence-corrected chi connectivity index (χ1v) is 8.96. The largest absolute Gasteiger partial charge is 0.304 e. The Morgan fingerprint density at radius 2 is 1.35 bits per heavy atom. The van der Waals surface area contributed by atoms with E-state index in [1.807, 2.05) is 27.7 Å². The van der Waals surface area contributed by atoms with Crippen molar-refractivity contribution in [2.75, 3.05) is 33.2 Å². The molecule has 0 amide bonds. The zero-order chi connectivity index (χ0) is 16.3. The summed E-state index contributed by atoms with van der Waals surface area (Å²) in [5, 5.41) is 0. The van der Waals surface area contributed by atoms with E-state index in [2.05, 4.69) is 23.6 Å². The average Bonchev–Trinajstić information content (AvgIpc) is 2.58. The Morgan fingerprint density at radius 1 is 0.850 bits per heavy atom. The van der Waals surface area contributed by atoms with Crippen molar-refractivity contribution in [3.63, 3.8) is 0 Å². The third-order valence-electron chi connectivity index (χ3n) is 4.61. The molecular weight excluding hydrogens is 244 g/mol. The van der Waals surface area contributed by atoms with Crippen LogP contribution in [-0.4, -0.2) is 49.0 Å². The van der Waals surface area contributed by atoms with Gasteiger partial charge in [-0.3, -0.25) is 4.90 Å². The van der Waals surface area contributed by atoms with Crippen LogP contribution < -0.4 is 0 Å². The van der Waals surface area contributed by atoms with Crippen molar-refractivity contribution < 1.29 is 1.37 Å². The number of hydrogen-bond donors (Lipinski definition) is 0. The molecule has 0 bridgehead atoms. The van der Waals surface area contributed by atoms with Crippen LogP contribution in [-0.2, 0) is 0 Å². The maximum atomic E-state index is 7.39. The van der Waals surface area contributed by atoms with Gasteiger partial charge < -0.3 is 4.90 Å². The van der Waals surface area contributed by atoms with E-state index in [1.165, 1.54) is 38.8 Å². The lowest BCUT2D eigenvalue weighted by molar-refractivity contribution is 0.0752. The van der Waals surface area contributed by atoms with Gasteiger partial charge in [-0.1, -0.05) is 41.5 Å². The standard InChI is InChI=1S/C14H28N2.2C2H6/c1-12(2)13-4-6-14(7-5-13)16-10-8-15(3)9-11-16;2*1-2/h12-14H,4-11H2,1-3H3;2*1-2H3/i3D;;. The van der Waals surface area contributed by atoms with Gasteiger partial charge in [-0.15, -0.1) is 0 Å². The normalized spacial score (nSPS) is 28.9. The third kappa shape index (κ3) is 6.58. The van der Waals surface area contributed by atoms with Crippen molar-refractivity contribution in [2.24, 2.45) is 11.8 Å². The molecule has 0 spiro atoms. The van der Waals surface area contributed by atoms with Gasteiger partial charge in [0.15, 0.2) is 0 Å². The minimum Gasteiger partial charge on any atom is -0.304 e. The van der Waals surface area contributed by atoms with Gasteiger partial charge in [0, 0.05) is 33.6 Å². The SMILES string of the molecule is CC.CC.[2H]CN1CCN(C2CCC(C(C)C)CC2)CC1. The molecule has 20 heavy (non-hydrogen) atoms. The summed E-state index contributed by atoms with van der Waals surface area (Å²) in [5.74, 6) is 1.84. The van der Waals surface area contributed by atoms with E-state index < -0.39 is 0 Å². The predicted molar refractivity (Wildman–Crippen MR) is 92.4 cm³/mol. The maximum Gasteiger partial charge on any atom is 0.0394 e. The van der Waals surface area contributed by atoms with E-state index in [0.717, 1.165) is 31.0 Å². The summed E-state index contributed by atoms with van der Waals surface area (Å²) < 4.78 is 7.39. The van der Waals surface area contributed by atoms with Gasteiger partial charge in [0.2, 0.25) is 0 Å². The van der Waals surface area contributed by atoms with Crippen molar-refractivity contribution in [3.8, 4) is 0 Å². The highest BCUT2D eigenvalue weighted by molar-refractivity contribution is 4.83. The lowest BCUT2D eigenvalue weighted by Crippen LogP contribution is -2.50. The molecule has 2 fully saturated rings. The van der Waals surface area contributed by atoms with Crippen molar-refractivity contribution in [1.29, 1.82) is 0 Å². The fourth-order valence-electron chi connectivity index (χ4n) is 3.26. The van der Waals surface area contributed by atoms with Gasteiger partial charge in [-0.25, -0.2) is 0 Å². The van der Waals surface area contributed by atoms with Crippen LogP contribution in [0.15, 0.2) is 0 Å². The fourth-order valence-corrected chi connectivity index (χ4v) is 3.26. The monoisotopic (exact) mass is 285 g/mol. The number of piperazine rings is 1. The molecule has 1 saturated carbocycles. The smallest absolute Gasteiger partial charge is 0.0394 e. The second-order valence-electron chi connectivity index (χ2n) is 5.97. The molecule has 2 aliphatic rings. The van der Waals surface area contributed by atoms with E-state index in [9.17, 15) is 0 Å². The Labute approximate surface area is 130 Å². The van der Waals surface area contributed by atoms with Crippen LogP contribution in [0.25, 0.3) is 0 Å². The van der Waals surface area contributed by atoms with Gasteiger partial charge in [0.25, 0.3) is 0 Å². The van der Waals surface area contributed by atoms with Gasteiger partial charge in [0.1, 0.15) is 0 Å². The molecule has 0 radical (unpaired) electrons. The molecule has 2 nitrogen and oxygen atoms in total. The van der Waals surface area contributed by atoms with Crippen LogP contribution >= 0.6 is 0 Å². The number of nitrogens with zero attached hydrogens (tertiary/aromatic N) is 2. The molecule has 2 rings (SSSR count). The molecular formula is C18H40N2. The maximum absolute atomic E-state index is 7.39. The van der Waals surface area contributed by atoms with Crippen LogP contribution in [0.4, 0.5) is 0 Å². The minimum atomic E-state index is 0.480.